The van der Waals surface area contributed by atoms with Gasteiger partial charge in [0.25, 0.3) is 0 Å². The number of hydrogen-bond acceptors (Lipinski definition) is 3. The lowest BCUT2D eigenvalue weighted by Crippen LogP contribution is -2.31. The van der Waals surface area contributed by atoms with Gasteiger partial charge in [0, 0.05) is 0 Å². The summed E-state index contributed by atoms with van der Waals surface area (Å²) in [5.74, 6) is 0.845. The van der Waals surface area contributed by atoms with Gasteiger partial charge >= 0.3 is 0 Å². The molecule has 0 spiro atoms. The molecule has 1 fully saturated rings. The van der Waals surface area contributed by atoms with Crippen molar-refractivity contribution in [3.63, 3.8) is 0 Å². The fourth-order valence-corrected chi connectivity index (χ4v) is 4.22. The Bertz CT molecular complexity index is 951. The summed E-state index contributed by atoms with van der Waals surface area (Å²) in [6.07, 6.45) is 4.70. The summed E-state index contributed by atoms with van der Waals surface area (Å²) in [6.45, 7) is 8.53. The Morgan fingerprint density at radius 1 is 0.897 bits per heavy atom. The number of carbonyl (C=O) groups is 2. The van der Waals surface area contributed by atoms with Crippen molar-refractivity contribution < 1.29 is 14.3 Å². The number of imide groups is 1. The van der Waals surface area contributed by atoms with Crippen LogP contribution in [-0.4, -0.2) is 11.8 Å². The van der Waals surface area contributed by atoms with Gasteiger partial charge in [0.05, 0.1) is 17.5 Å². The first-order valence-electron chi connectivity index (χ1n) is 10.2. The van der Waals surface area contributed by atoms with E-state index >= 15 is 0 Å². The van der Waals surface area contributed by atoms with Crippen LogP contribution >= 0.6 is 0 Å². The molecule has 1 saturated heterocycles. The number of anilines is 1. The molecule has 0 N–H and O–H groups in total. The van der Waals surface area contributed by atoms with Crippen LogP contribution < -0.4 is 9.64 Å². The lowest BCUT2D eigenvalue weighted by molar-refractivity contribution is -0.122. The van der Waals surface area contributed by atoms with Gasteiger partial charge in [0.15, 0.2) is 0 Å². The lowest BCUT2D eigenvalue weighted by atomic mass is 9.78. The normalized spacial score (nSPS) is 24.0. The van der Waals surface area contributed by atoms with Gasteiger partial charge in [-0.15, -0.1) is 0 Å². The van der Waals surface area contributed by atoms with Gasteiger partial charge in [0.2, 0.25) is 11.8 Å². The maximum absolute atomic E-state index is 12.9. The second kappa shape index (κ2) is 7.18. The van der Waals surface area contributed by atoms with Crippen molar-refractivity contribution in [2.45, 2.75) is 39.5 Å². The molecule has 4 rings (SSSR count). The number of hydrogen-bond donors (Lipinski definition) is 0. The van der Waals surface area contributed by atoms with Crippen LogP contribution in [0.1, 0.15) is 39.7 Å². The minimum Gasteiger partial charge on any atom is -0.457 e. The van der Waals surface area contributed by atoms with Crippen molar-refractivity contribution in [3.05, 3.63) is 66.2 Å². The molecule has 4 nitrogen and oxygen atoms in total. The molecule has 2 aliphatic rings. The number of amides is 2. The molecular formula is C25H27NO3. The van der Waals surface area contributed by atoms with E-state index in [1.54, 1.807) is 24.3 Å². The summed E-state index contributed by atoms with van der Waals surface area (Å²) in [5, 5.41) is 0. The van der Waals surface area contributed by atoms with Crippen molar-refractivity contribution in [1.82, 2.24) is 0 Å². The maximum atomic E-state index is 12.9. The SMILES string of the molecule is C[C@@H]1C=CC[C@H]2C(=O)N(c3ccc(Oc4ccc(C(C)(C)C)cc4)cc3)C(=O)[C@H]12. The Balaban J connectivity index is 1.50. The first kappa shape index (κ1) is 19.4. The van der Waals surface area contributed by atoms with Crippen molar-refractivity contribution in [2.24, 2.45) is 17.8 Å². The highest BCUT2D eigenvalue weighted by atomic mass is 16.5. The number of carbonyl (C=O) groups excluding carboxylic acids is 2. The predicted octanol–water partition coefficient (Wildman–Crippen LogP) is 5.48. The fourth-order valence-electron chi connectivity index (χ4n) is 4.22. The Hall–Kier alpha value is -2.88. The lowest BCUT2D eigenvalue weighted by Gasteiger charge is -2.22. The van der Waals surface area contributed by atoms with Gasteiger partial charge in [-0.1, -0.05) is 52.0 Å². The maximum Gasteiger partial charge on any atom is 0.238 e. The van der Waals surface area contributed by atoms with E-state index in [-0.39, 0.29) is 35.0 Å². The third-order valence-corrected chi connectivity index (χ3v) is 5.92. The summed E-state index contributed by atoms with van der Waals surface area (Å²) in [6, 6.07) is 15.2. The molecule has 0 radical (unpaired) electrons. The standard InChI is InChI=1S/C25H27NO3/c1-16-6-5-7-21-22(16)24(28)26(23(21)27)18-10-14-20(15-11-18)29-19-12-8-17(9-13-19)25(2,3)4/h5-6,8-16,21-22H,7H2,1-4H3/t16-,21-,22-/m1/s1. The monoisotopic (exact) mass is 389 g/mol. The topological polar surface area (TPSA) is 46.6 Å². The molecule has 1 aliphatic heterocycles. The highest BCUT2D eigenvalue weighted by Crippen LogP contribution is 2.40. The molecule has 0 aromatic heterocycles. The fraction of sp³-hybridized carbons (Fsp3) is 0.360. The third-order valence-electron chi connectivity index (χ3n) is 5.92. The molecule has 2 amide bonds. The van der Waals surface area contributed by atoms with Crippen molar-refractivity contribution in [2.75, 3.05) is 4.90 Å². The first-order valence-corrected chi connectivity index (χ1v) is 10.2. The predicted molar refractivity (Wildman–Crippen MR) is 114 cm³/mol. The third kappa shape index (κ3) is 3.59. The van der Waals surface area contributed by atoms with Crippen LogP contribution in [0, 0.1) is 17.8 Å². The second-order valence-electron chi connectivity index (χ2n) is 9.04. The van der Waals surface area contributed by atoms with Crippen LogP contribution in [0.25, 0.3) is 0 Å². The van der Waals surface area contributed by atoms with E-state index in [0.29, 0.717) is 17.9 Å². The number of fused-ring (bicyclic) bond motifs is 1. The highest BCUT2D eigenvalue weighted by Gasteiger charge is 2.50. The van der Waals surface area contributed by atoms with E-state index in [9.17, 15) is 9.59 Å². The van der Waals surface area contributed by atoms with Gasteiger partial charge in [-0.05, 0) is 59.7 Å². The number of rotatable bonds is 3. The van der Waals surface area contributed by atoms with Crippen LogP contribution in [0.2, 0.25) is 0 Å². The van der Waals surface area contributed by atoms with Crippen LogP contribution in [-0.2, 0) is 15.0 Å². The summed E-state index contributed by atoms with van der Waals surface area (Å²) in [5.41, 5.74) is 1.95. The minimum absolute atomic E-state index is 0.0916. The molecule has 29 heavy (non-hydrogen) atoms. The Labute approximate surface area is 172 Å². The van der Waals surface area contributed by atoms with E-state index in [0.717, 1.165) is 5.75 Å². The zero-order chi connectivity index (χ0) is 20.8. The summed E-state index contributed by atoms with van der Waals surface area (Å²) < 4.78 is 5.93. The number of ether oxygens (including phenoxy) is 1. The molecular weight excluding hydrogens is 362 g/mol. The van der Waals surface area contributed by atoms with Gasteiger partial charge in [-0.2, -0.15) is 0 Å². The quantitative estimate of drug-likeness (QED) is 0.516. The van der Waals surface area contributed by atoms with Crippen LogP contribution in [0.3, 0.4) is 0 Å². The molecule has 0 unspecified atom stereocenters. The molecule has 2 aromatic rings. The molecule has 1 heterocycles. The summed E-state index contributed by atoms with van der Waals surface area (Å²) in [4.78, 5) is 27.1. The first-order chi connectivity index (χ1) is 13.8. The van der Waals surface area contributed by atoms with Crippen LogP contribution in [0.4, 0.5) is 5.69 Å². The van der Waals surface area contributed by atoms with Crippen molar-refractivity contribution in [3.8, 4) is 11.5 Å². The van der Waals surface area contributed by atoms with Gasteiger partial charge in [-0.3, -0.25) is 14.5 Å². The van der Waals surface area contributed by atoms with Crippen molar-refractivity contribution in [1.29, 1.82) is 0 Å². The second-order valence-corrected chi connectivity index (χ2v) is 9.04. The number of nitrogens with zero attached hydrogens (tertiary/aromatic N) is 1. The van der Waals surface area contributed by atoms with Gasteiger partial charge in [-0.25, -0.2) is 0 Å². The molecule has 4 heteroatoms. The van der Waals surface area contributed by atoms with Gasteiger partial charge < -0.3 is 4.74 Å². The zero-order valence-electron chi connectivity index (χ0n) is 17.4. The Morgan fingerprint density at radius 3 is 2.03 bits per heavy atom. The van der Waals surface area contributed by atoms with E-state index in [2.05, 4.69) is 32.9 Å². The molecule has 0 bridgehead atoms. The number of benzene rings is 2. The summed E-state index contributed by atoms with van der Waals surface area (Å²) in [7, 11) is 0. The Morgan fingerprint density at radius 2 is 1.48 bits per heavy atom. The minimum atomic E-state index is -0.246. The van der Waals surface area contributed by atoms with Crippen molar-refractivity contribution >= 4 is 17.5 Å². The van der Waals surface area contributed by atoms with E-state index in [1.165, 1.54) is 10.5 Å². The van der Waals surface area contributed by atoms with Crippen LogP contribution in [0.15, 0.2) is 60.7 Å². The molecule has 150 valence electrons. The molecule has 3 atom stereocenters. The van der Waals surface area contributed by atoms with E-state index < -0.39 is 0 Å². The average molecular weight is 389 g/mol. The highest BCUT2D eigenvalue weighted by molar-refractivity contribution is 6.22. The van der Waals surface area contributed by atoms with E-state index in [1.807, 2.05) is 31.2 Å². The zero-order valence-corrected chi connectivity index (χ0v) is 17.4. The Kier molecular flexibility index (Phi) is 4.81. The smallest absolute Gasteiger partial charge is 0.238 e. The van der Waals surface area contributed by atoms with Crippen LogP contribution in [0.5, 0.6) is 11.5 Å². The molecule has 1 aliphatic carbocycles. The number of allylic oxidation sites excluding steroid dienone is 2. The van der Waals surface area contributed by atoms with Gasteiger partial charge in [0.1, 0.15) is 11.5 Å². The summed E-state index contributed by atoms with van der Waals surface area (Å²) >= 11 is 0. The molecule has 2 aromatic carbocycles. The largest absolute Gasteiger partial charge is 0.457 e. The average Bonchev–Trinajstić information content (AvgIpc) is 2.94. The van der Waals surface area contributed by atoms with E-state index in [4.69, 9.17) is 4.74 Å². The molecule has 0 saturated carbocycles.